The van der Waals surface area contributed by atoms with Crippen LogP contribution in [0.25, 0.3) is 22.2 Å². The van der Waals surface area contributed by atoms with Gasteiger partial charge in [-0.05, 0) is 53.8 Å². The maximum Gasteiger partial charge on any atom is 0.338 e. The first-order valence-electron chi connectivity index (χ1n) is 11.3. The first-order valence-corrected chi connectivity index (χ1v) is 11.3. The van der Waals surface area contributed by atoms with E-state index in [9.17, 15) is 9.59 Å². The molecule has 34 heavy (non-hydrogen) atoms. The van der Waals surface area contributed by atoms with E-state index in [0.29, 0.717) is 17.7 Å². The van der Waals surface area contributed by atoms with Crippen LogP contribution in [0, 0.1) is 6.92 Å². The van der Waals surface area contributed by atoms with E-state index in [1.54, 1.807) is 6.07 Å². The van der Waals surface area contributed by atoms with Crippen molar-refractivity contribution in [1.29, 1.82) is 0 Å². The predicted octanol–water partition coefficient (Wildman–Crippen LogP) is 5.59. The Morgan fingerprint density at radius 3 is 2.32 bits per heavy atom. The largest absolute Gasteiger partial charge is 0.465 e. The maximum absolute atomic E-state index is 12.2. The zero-order valence-electron chi connectivity index (χ0n) is 19.9. The normalized spacial score (nSPS) is 10.9. The van der Waals surface area contributed by atoms with Crippen molar-refractivity contribution in [3.8, 4) is 11.1 Å². The monoisotopic (exact) mass is 456 g/mol. The van der Waals surface area contributed by atoms with Gasteiger partial charge < -0.3 is 14.0 Å². The number of ether oxygens (including phenoxy) is 2. The Labute approximate surface area is 199 Å². The summed E-state index contributed by atoms with van der Waals surface area (Å²) in [5.74, 6) is 0.275. The number of carbonyl (C=O) groups is 2. The van der Waals surface area contributed by atoms with Gasteiger partial charge in [0.05, 0.1) is 36.4 Å². The summed E-state index contributed by atoms with van der Waals surface area (Å²) >= 11 is 0. The number of fused-ring (bicyclic) bond motifs is 1. The molecule has 0 amide bonds. The van der Waals surface area contributed by atoms with Crippen molar-refractivity contribution in [3.63, 3.8) is 0 Å². The van der Waals surface area contributed by atoms with Crippen LogP contribution >= 0.6 is 0 Å². The van der Waals surface area contributed by atoms with Gasteiger partial charge >= 0.3 is 11.9 Å². The number of nitrogens with zero attached hydrogens (tertiary/aromatic N) is 2. The molecule has 4 rings (SSSR count). The summed E-state index contributed by atoms with van der Waals surface area (Å²) < 4.78 is 12.0. The average Bonchev–Trinajstić information content (AvgIpc) is 3.21. The molecule has 0 radical (unpaired) electrons. The number of hydrogen-bond acceptors (Lipinski definition) is 5. The van der Waals surface area contributed by atoms with Crippen molar-refractivity contribution in [2.75, 3.05) is 14.2 Å². The molecule has 1 heterocycles. The van der Waals surface area contributed by atoms with Gasteiger partial charge in [-0.1, -0.05) is 49.4 Å². The summed E-state index contributed by atoms with van der Waals surface area (Å²) in [7, 11) is 2.78. The Morgan fingerprint density at radius 2 is 1.65 bits per heavy atom. The molecule has 6 nitrogen and oxygen atoms in total. The van der Waals surface area contributed by atoms with Crippen molar-refractivity contribution in [2.45, 2.75) is 33.2 Å². The topological polar surface area (TPSA) is 70.4 Å². The molecule has 4 aromatic rings. The highest BCUT2D eigenvalue weighted by Gasteiger charge is 2.17. The number of rotatable bonds is 7. The molecule has 0 atom stereocenters. The maximum atomic E-state index is 12.2. The Balaban J connectivity index is 1.73. The van der Waals surface area contributed by atoms with Crippen LogP contribution in [0.1, 0.15) is 51.0 Å². The van der Waals surface area contributed by atoms with Gasteiger partial charge in [0.25, 0.3) is 0 Å². The number of imidazole rings is 1. The molecule has 3 aromatic carbocycles. The van der Waals surface area contributed by atoms with Crippen LogP contribution in [0.15, 0.2) is 60.7 Å². The van der Waals surface area contributed by atoms with E-state index in [0.717, 1.165) is 52.0 Å². The fraction of sp³-hybridized carbons (Fsp3) is 0.250. The molecule has 1 aromatic heterocycles. The minimum Gasteiger partial charge on any atom is -0.465 e. The quantitative estimate of drug-likeness (QED) is 0.339. The van der Waals surface area contributed by atoms with E-state index in [1.807, 2.05) is 49.4 Å². The van der Waals surface area contributed by atoms with Crippen LogP contribution in [0.3, 0.4) is 0 Å². The number of methoxy groups -OCH3 is 2. The van der Waals surface area contributed by atoms with Crippen LogP contribution < -0.4 is 0 Å². The molecule has 0 unspecified atom stereocenters. The molecular formula is C28H28N2O4. The van der Waals surface area contributed by atoms with Crippen LogP contribution in [0.2, 0.25) is 0 Å². The van der Waals surface area contributed by atoms with Gasteiger partial charge in [0.2, 0.25) is 0 Å². The van der Waals surface area contributed by atoms with Gasteiger partial charge in [0, 0.05) is 13.0 Å². The molecule has 0 N–H and O–H groups in total. The minimum atomic E-state index is -0.358. The van der Waals surface area contributed by atoms with Crippen LogP contribution in [-0.4, -0.2) is 35.7 Å². The van der Waals surface area contributed by atoms with Crippen molar-refractivity contribution in [1.82, 2.24) is 9.55 Å². The second-order valence-corrected chi connectivity index (χ2v) is 8.25. The fourth-order valence-electron chi connectivity index (χ4n) is 4.26. The van der Waals surface area contributed by atoms with Crippen molar-refractivity contribution < 1.29 is 19.1 Å². The zero-order chi connectivity index (χ0) is 24.2. The zero-order valence-corrected chi connectivity index (χ0v) is 19.9. The fourth-order valence-corrected chi connectivity index (χ4v) is 4.26. The second kappa shape index (κ2) is 9.91. The Kier molecular flexibility index (Phi) is 6.77. The third-order valence-electron chi connectivity index (χ3n) is 5.96. The van der Waals surface area contributed by atoms with Crippen molar-refractivity contribution in [2.24, 2.45) is 0 Å². The van der Waals surface area contributed by atoms with Gasteiger partial charge in [-0.15, -0.1) is 0 Å². The Hall–Kier alpha value is -3.93. The van der Waals surface area contributed by atoms with Gasteiger partial charge in [0.15, 0.2) is 0 Å². The molecule has 0 saturated heterocycles. The number of aryl methyl sites for hydroxylation is 2. The molecule has 0 aliphatic heterocycles. The second-order valence-electron chi connectivity index (χ2n) is 8.25. The summed E-state index contributed by atoms with van der Waals surface area (Å²) in [6.07, 6.45) is 1.81. The first kappa shape index (κ1) is 23.2. The highest BCUT2D eigenvalue weighted by Crippen LogP contribution is 2.27. The number of benzene rings is 3. The molecule has 0 spiro atoms. The number of esters is 2. The molecule has 6 heteroatoms. The molecular weight excluding hydrogens is 428 g/mol. The van der Waals surface area contributed by atoms with Gasteiger partial charge in [-0.3, -0.25) is 0 Å². The average molecular weight is 457 g/mol. The SMILES string of the molecule is CCCc1nc2c(C)cc(C(=O)OC)cc2n1Cc1ccc(-c2ccccc2C(=O)OC)cc1. The molecule has 174 valence electrons. The lowest BCUT2D eigenvalue weighted by Crippen LogP contribution is -2.07. The lowest BCUT2D eigenvalue weighted by atomic mass is 9.98. The van der Waals surface area contributed by atoms with Crippen molar-refractivity contribution in [3.05, 3.63) is 88.7 Å². The minimum absolute atomic E-state index is 0.356. The summed E-state index contributed by atoms with van der Waals surface area (Å²) in [5, 5.41) is 0. The van der Waals surface area contributed by atoms with Crippen LogP contribution in [0.4, 0.5) is 0 Å². The van der Waals surface area contributed by atoms with E-state index < -0.39 is 0 Å². The van der Waals surface area contributed by atoms with E-state index in [-0.39, 0.29) is 11.9 Å². The smallest absolute Gasteiger partial charge is 0.338 e. The molecule has 0 bridgehead atoms. The van der Waals surface area contributed by atoms with Crippen LogP contribution in [-0.2, 0) is 22.4 Å². The predicted molar refractivity (Wildman–Crippen MR) is 132 cm³/mol. The lowest BCUT2D eigenvalue weighted by Gasteiger charge is -2.12. The number of carbonyl (C=O) groups excluding carboxylic acids is 2. The number of hydrogen-bond donors (Lipinski definition) is 0. The molecule has 0 aliphatic rings. The summed E-state index contributed by atoms with van der Waals surface area (Å²) in [6.45, 7) is 4.72. The summed E-state index contributed by atoms with van der Waals surface area (Å²) in [5.41, 5.74) is 6.70. The highest BCUT2D eigenvalue weighted by atomic mass is 16.5. The standard InChI is InChI=1S/C28H28N2O4/c1-5-8-25-29-26-18(2)15-21(27(31)33-3)16-24(26)30(25)17-19-11-13-20(14-12-19)22-9-6-7-10-23(22)28(32)34-4/h6-7,9-16H,5,8,17H2,1-4H3. The number of aromatic nitrogens is 2. The third kappa shape index (κ3) is 4.44. The van der Waals surface area contributed by atoms with E-state index >= 15 is 0 Å². The summed E-state index contributed by atoms with van der Waals surface area (Å²) in [6, 6.07) is 19.3. The first-order chi connectivity index (χ1) is 16.5. The van der Waals surface area contributed by atoms with E-state index in [2.05, 4.69) is 23.6 Å². The molecule has 0 aliphatic carbocycles. The van der Waals surface area contributed by atoms with Crippen molar-refractivity contribution >= 4 is 23.0 Å². The van der Waals surface area contributed by atoms with E-state index in [4.69, 9.17) is 14.5 Å². The Bertz CT molecular complexity index is 1350. The molecule has 0 fully saturated rings. The van der Waals surface area contributed by atoms with Gasteiger partial charge in [-0.2, -0.15) is 0 Å². The summed E-state index contributed by atoms with van der Waals surface area (Å²) in [4.78, 5) is 29.3. The lowest BCUT2D eigenvalue weighted by molar-refractivity contribution is 0.0592. The molecule has 0 saturated carbocycles. The van der Waals surface area contributed by atoms with Gasteiger partial charge in [-0.25, -0.2) is 14.6 Å². The van der Waals surface area contributed by atoms with E-state index in [1.165, 1.54) is 14.2 Å². The van der Waals surface area contributed by atoms with Gasteiger partial charge in [0.1, 0.15) is 5.82 Å². The third-order valence-corrected chi connectivity index (χ3v) is 5.96. The van der Waals surface area contributed by atoms with Crippen LogP contribution in [0.5, 0.6) is 0 Å². The highest BCUT2D eigenvalue weighted by molar-refractivity contribution is 5.97. The Morgan fingerprint density at radius 1 is 0.941 bits per heavy atom.